The Balaban J connectivity index is 2.10. The molecule has 0 saturated heterocycles. The first-order valence-corrected chi connectivity index (χ1v) is 6.93. The molecule has 0 bridgehead atoms. The fourth-order valence-electron chi connectivity index (χ4n) is 2.24. The Morgan fingerprint density at radius 2 is 1.89 bits per heavy atom. The summed E-state index contributed by atoms with van der Waals surface area (Å²) in [5.74, 6) is 2.27. The first-order chi connectivity index (χ1) is 9.11. The van der Waals surface area contributed by atoms with Gasteiger partial charge in [0.15, 0.2) is 11.5 Å². The van der Waals surface area contributed by atoms with Crippen molar-refractivity contribution in [2.75, 3.05) is 38.3 Å². The smallest absolute Gasteiger partial charge is 0.163 e. The Kier molecular flexibility index (Phi) is 4.53. The number of ether oxygens (including phenoxy) is 2. The molecule has 0 amide bonds. The summed E-state index contributed by atoms with van der Waals surface area (Å²) in [6.07, 6.45) is 1.10. The second kappa shape index (κ2) is 6.15. The van der Waals surface area contributed by atoms with Gasteiger partial charge >= 0.3 is 0 Å². The molecule has 1 aliphatic rings. The summed E-state index contributed by atoms with van der Waals surface area (Å²) in [5.41, 5.74) is 8.08. The van der Waals surface area contributed by atoms with Crippen molar-refractivity contribution in [3.8, 4) is 11.5 Å². The molecule has 0 saturated carbocycles. The quantitative estimate of drug-likeness (QED) is 0.885. The van der Waals surface area contributed by atoms with Crippen molar-refractivity contribution in [3.63, 3.8) is 0 Å². The third-order valence-electron chi connectivity index (χ3n) is 3.63. The predicted molar refractivity (Wildman–Crippen MR) is 78.3 cm³/mol. The summed E-state index contributed by atoms with van der Waals surface area (Å²) in [7, 11) is 2.11. The highest BCUT2D eigenvalue weighted by Crippen LogP contribution is 2.36. The van der Waals surface area contributed by atoms with E-state index in [1.807, 2.05) is 0 Å². The van der Waals surface area contributed by atoms with Crippen molar-refractivity contribution in [2.45, 2.75) is 20.3 Å². The van der Waals surface area contributed by atoms with Crippen LogP contribution in [-0.2, 0) is 0 Å². The highest BCUT2D eigenvalue weighted by atomic mass is 16.6. The van der Waals surface area contributed by atoms with Crippen LogP contribution in [0.4, 0.5) is 5.69 Å². The topological polar surface area (TPSA) is 47.7 Å². The average Bonchev–Trinajstić information content (AvgIpc) is 2.43. The predicted octanol–water partition coefficient (Wildman–Crippen LogP) is 2.19. The molecular formula is C15H24N2O2. The number of benzene rings is 1. The summed E-state index contributed by atoms with van der Waals surface area (Å²) in [6, 6.07) is 4.14. The third-order valence-corrected chi connectivity index (χ3v) is 3.63. The number of hydrogen-bond acceptors (Lipinski definition) is 4. The summed E-state index contributed by atoms with van der Waals surface area (Å²) >= 11 is 0. The molecule has 1 unspecified atom stereocenters. The van der Waals surface area contributed by atoms with E-state index in [0.29, 0.717) is 19.1 Å². The van der Waals surface area contributed by atoms with E-state index in [2.05, 4.69) is 37.9 Å². The second-order valence-corrected chi connectivity index (χ2v) is 5.33. The lowest BCUT2D eigenvalue weighted by molar-refractivity contribution is 0.171. The van der Waals surface area contributed by atoms with Gasteiger partial charge in [0.2, 0.25) is 0 Å². The summed E-state index contributed by atoms with van der Waals surface area (Å²) in [5, 5.41) is 0. The molecule has 0 radical (unpaired) electrons. The molecule has 1 aromatic rings. The Morgan fingerprint density at radius 3 is 2.53 bits per heavy atom. The van der Waals surface area contributed by atoms with E-state index in [4.69, 9.17) is 15.2 Å². The first-order valence-electron chi connectivity index (χ1n) is 6.93. The van der Waals surface area contributed by atoms with Gasteiger partial charge in [-0.2, -0.15) is 0 Å². The molecule has 4 heteroatoms. The van der Waals surface area contributed by atoms with Crippen LogP contribution in [0.5, 0.6) is 11.5 Å². The number of fused-ring (bicyclic) bond motifs is 1. The number of anilines is 1. The van der Waals surface area contributed by atoms with E-state index in [9.17, 15) is 0 Å². The molecule has 0 fully saturated rings. The molecule has 1 aliphatic heterocycles. The number of rotatable bonds is 5. The highest BCUT2D eigenvalue weighted by molar-refractivity contribution is 5.61. The van der Waals surface area contributed by atoms with Gasteiger partial charge in [-0.25, -0.2) is 0 Å². The van der Waals surface area contributed by atoms with Crippen molar-refractivity contribution in [1.29, 1.82) is 0 Å². The normalized spacial score (nSPS) is 15.2. The lowest BCUT2D eigenvalue weighted by Gasteiger charge is -2.26. The molecule has 0 spiro atoms. The van der Waals surface area contributed by atoms with E-state index in [1.54, 1.807) is 0 Å². The van der Waals surface area contributed by atoms with Gasteiger partial charge in [0.25, 0.3) is 0 Å². The van der Waals surface area contributed by atoms with Crippen LogP contribution in [0.2, 0.25) is 0 Å². The van der Waals surface area contributed by atoms with Gasteiger partial charge in [-0.05, 0) is 37.4 Å². The number of nitrogens with two attached hydrogens (primary N) is 1. The summed E-state index contributed by atoms with van der Waals surface area (Å²) < 4.78 is 11.2. The monoisotopic (exact) mass is 264 g/mol. The minimum atomic E-state index is 0.556. The molecule has 1 heterocycles. The van der Waals surface area contributed by atoms with Crippen LogP contribution in [0.25, 0.3) is 0 Å². The molecule has 2 rings (SSSR count). The molecule has 1 atom stereocenters. The fourth-order valence-corrected chi connectivity index (χ4v) is 2.24. The SMILES string of the molecule is Cc1cc2c(cc1N(C)CCC(C)CN)OCCO2. The van der Waals surface area contributed by atoms with E-state index >= 15 is 0 Å². The van der Waals surface area contributed by atoms with Crippen molar-refractivity contribution < 1.29 is 9.47 Å². The first kappa shape index (κ1) is 14.0. The Morgan fingerprint density at radius 1 is 1.26 bits per heavy atom. The fraction of sp³-hybridized carbons (Fsp3) is 0.600. The van der Waals surface area contributed by atoms with Crippen LogP contribution in [-0.4, -0.2) is 33.4 Å². The molecular weight excluding hydrogens is 240 g/mol. The summed E-state index contributed by atoms with van der Waals surface area (Å²) in [6.45, 7) is 7.30. The van der Waals surface area contributed by atoms with Gasteiger partial charge < -0.3 is 20.1 Å². The largest absolute Gasteiger partial charge is 0.486 e. The maximum atomic E-state index is 5.66. The van der Waals surface area contributed by atoms with Gasteiger partial charge in [-0.3, -0.25) is 0 Å². The molecule has 0 aliphatic carbocycles. The molecule has 1 aromatic carbocycles. The van der Waals surface area contributed by atoms with E-state index in [-0.39, 0.29) is 0 Å². The van der Waals surface area contributed by atoms with E-state index in [1.165, 1.54) is 11.3 Å². The molecule has 19 heavy (non-hydrogen) atoms. The zero-order valence-corrected chi connectivity index (χ0v) is 12.1. The standard InChI is InChI=1S/C15H24N2O2/c1-11(10-16)4-5-17(3)13-9-15-14(8-12(13)2)18-6-7-19-15/h8-9,11H,4-7,10,16H2,1-3H3. The van der Waals surface area contributed by atoms with Crippen LogP contribution in [0.3, 0.4) is 0 Å². The Bertz CT molecular complexity index is 434. The van der Waals surface area contributed by atoms with Gasteiger partial charge in [0.1, 0.15) is 13.2 Å². The maximum absolute atomic E-state index is 5.66. The molecule has 106 valence electrons. The van der Waals surface area contributed by atoms with E-state index in [0.717, 1.165) is 31.0 Å². The van der Waals surface area contributed by atoms with Crippen molar-refractivity contribution >= 4 is 5.69 Å². The van der Waals surface area contributed by atoms with Crippen LogP contribution < -0.4 is 20.1 Å². The zero-order valence-electron chi connectivity index (χ0n) is 12.1. The van der Waals surface area contributed by atoms with Crippen LogP contribution in [0.15, 0.2) is 12.1 Å². The van der Waals surface area contributed by atoms with E-state index < -0.39 is 0 Å². The highest BCUT2D eigenvalue weighted by Gasteiger charge is 2.16. The van der Waals surface area contributed by atoms with Gasteiger partial charge in [-0.1, -0.05) is 6.92 Å². The maximum Gasteiger partial charge on any atom is 0.163 e. The zero-order chi connectivity index (χ0) is 13.8. The molecule has 0 aromatic heterocycles. The number of nitrogens with zero attached hydrogens (tertiary/aromatic N) is 1. The second-order valence-electron chi connectivity index (χ2n) is 5.33. The van der Waals surface area contributed by atoms with Crippen molar-refractivity contribution in [2.24, 2.45) is 11.7 Å². The number of aryl methyl sites for hydroxylation is 1. The van der Waals surface area contributed by atoms with Gasteiger partial charge in [0, 0.05) is 25.3 Å². The van der Waals surface area contributed by atoms with Crippen molar-refractivity contribution in [3.05, 3.63) is 17.7 Å². The lowest BCUT2D eigenvalue weighted by atomic mass is 10.1. The minimum Gasteiger partial charge on any atom is -0.486 e. The van der Waals surface area contributed by atoms with Crippen LogP contribution in [0.1, 0.15) is 18.9 Å². The average molecular weight is 264 g/mol. The Labute approximate surface area is 115 Å². The lowest BCUT2D eigenvalue weighted by Crippen LogP contribution is -2.24. The molecule has 2 N–H and O–H groups in total. The summed E-state index contributed by atoms with van der Waals surface area (Å²) in [4.78, 5) is 2.26. The van der Waals surface area contributed by atoms with Crippen LogP contribution >= 0.6 is 0 Å². The van der Waals surface area contributed by atoms with Gasteiger partial charge in [0.05, 0.1) is 0 Å². The third kappa shape index (κ3) is 3.32. The minimum absolute atomic E-state index is 0.556. The Hall–Kier alpha value is -1.42. The number of hydrogen-bond donors (Lipinski definition) is 1. The van der Waals surface area contributed by atoms with Crippen molar-refractivity contribution in [1.82, 2.24) is 0 Å². The van der Waals surface area contributed by atoms with Gasteiger partial charge in [-0.15, -0.1) is 0 Å². The molecule has 4 nitrogen and oxygen atoms in total. The van der Waals surface area contributed by atoms with Crippen LogP contribution in [0, 0.1) is 12.8 Å².